The number of rotatable bonds is 5. The summed E-state index contributed by atoms with van der Waals surface area (Å²) in [5, 5.41) is 5.88. The summed E-state index contributed by atoms with van der Waals surface area (Å²) < 4.78 is 20.3. The van der Waals surface area contributed by atoms with Gasteiger partial charge in [-0.25, -0.2) is 9.18 Å². The largest absolute Gasteiger partial charge is 0.380 e. The Morgan fingerprint density at radius 3 is 2.54 bits per heavy atom. The van der Waals surface area contributed by atoms with Crippen LogP contribution in [0.2, 0.25) is 5.02 Å². The predicted octanol–water partition coefficient (Wildman–Crippen LogP) is 4.64. The zero-order valence-corrected chi connectivity index (χ0v) is 20.3. The minimum absolute atomic E-state index is 0.0187. The zero-order chi connectivity index (χ0) is 25.1. The molecular formula is C25H28ClFN4O4. The van der Waals surface area contributed by atoms with Crippen molar-refractivity contribution >= 4 is 46.5 Å². The van der Waals surface area contributed by atoms with Crippen molar-refractivity contribution in [3.8, 4) is 0 Å². The molecule has 186 valence electrons. The first-order chi connectivity index (χ1) is 16.8. The van der Waals surface area contributed by atoms with Gasteiger partial charge in [-0.3, -0.25) is 9.59 Å². The number of ether oxygens (including phenoxy) is 1. The minimum atomic E-state index is -0.852. The number of carbonyl (C=O) groups is 3. The highest BCUT2D eigenvalue weighted by Crippen LogP contribution is 2.29. The van der Waals surface area contributed by atoms with Crippen LogP contribution in [0.3, 0.4) is 0 Å². The van der Waals surface area contributed by atoms with Crippen molar-refractivity contribution in [2.24, 2.45) is 0 Å². The van der Waals surface area contributed by atoms with Crippen molar-refractivity contribution < 1.29 is 23.5 Å². The maximum Gasteiger partial charge on any atom is 0.322 e. The fourth-order valence-corrected chi connectivity index (χ4v) is 4.71. The summed E-state index contributed by atoms with van der Waals surface area (Å²) >= 11 is 5.89. The molecule has 2 fully saturated rings. The topological polar surface area (TPSA) is 91.0 Å². The van der Waals surface area contributed by atoms with E-state index in [9.17, 15) is 18.8 Å². The van der Waals surface area contributed by atoms with E-state index >= 15 is 0 Å². The van der Waals surface area contributed by atoms with Gasteiger partial charge in [-0.05, 0) is 62.2 Å². The Balaban J connectivity index is 1.47. The molecule has 0 bridgehead atoms. The SMILES string of the molecule is COC1CC(C(=O)Nc2ccc(N3C(=O)CCCC3C)cc2F)N(C(=O)Nc2ccc(Cl)cc2)C1. The van der Waals surface area contributed by atoms with Gasteiger partial charge in [0.15, 0.2) is 0 Å². The van der Waals surface area contributed by atoms with Crippen LogP contribution in [-0.2, 0) is 14.3 Å². The van der Waals surface area contributed by atoms with E-state index in [4.69, 9.17) is 16.3 Å². The van der Waals surface area contributed by atoms with Gasteiger partial charge in [0.25, 0.3) is 0 Å². The molecule has 4 amide bonds. The van der Waals surface area contributed by atoms with Crippen molar-refractivity contribution in [2.45, 2.75) is 50.8 Å². The molecule has 3 atom stereocenters. The van der Waals surface area contributed by atoms with Gasteiger partial charge in [0, 0.05) is 48.9 Å². The Bertz CT molecular complexity index is 1110. The number of likely N-dealkylation sites (tertiary alicyclic amines) is 1. The summed E-state index contributed by atoms with van der Waals surface area (Å²) in [6, 6.07) is 9.58. The highest BCUT2D eigenvalue weighted by Gasteiger charge is 2.40. The van der Waals surface area contributed by atoms with Crippen LogP contribution in [0.1, 0.15) is 32.6 Å². The molecule has 2 aromatic rings. The molecule has 3 unspecified atom stereocenters. The van der Waals surface area contributed by atoms with Gasteiger partial charge >= 0.3 is 6.03 Å². The third-order valence-electron chi connectivity index (χ3n) is 6.47. The molecule has 0 saturated carbocycles. The van der Waals surface area contributed by atoms with Crippen LogP contribution < -0.4 is 15.5 Å². The molecule has 0 radical (unpaired) electrons. The van der Waals surface area contributed by atoms with Crippen LogP contribution in [0.25, 0.3) is 0 Å². The van der Waals surface area contributed by atoms with Crippen molar-refractivity contribution in [3.05, 3.63) is 53.3 Å². The van der Waals surface area contributed by atoms with Gasteiger partial charge in [0.05, 0.1) is 11.8 Å². The van der Waals surface area contributed by atoms with E-state index in [0.717, 1.165) is 12.8 Å². The molecule has 4 rings (SSSR count). The smallest absolute Gasteiger partial charge is 0.322 e. The quantitative estimate of drug-likeness (QED) is 0.623. The van der Waals surface area contributed by atoms with Crippen molar-refractivity contribution in [1.29, 1.82) is 0 Å². The van der Waals surface area contributed by atoms with Crippen LogP contribution in [0.15, 0.2) is 42.5 Å². The highest BCUT2D eigenvalue weighted by molar-refractivity contribution is 6.30. The molecule has 10 heteroatoms. The Morgan fingerprint density at radius 1 is 1.14 bits per heavy atom. The number of piperidine rings is 1. The van der Waals surface area contributed by atoms with Gasteiger partial charge in [-0.2, -0.15) is 0 Å². The Hall–Kier alpha value is -3.17. The van der Waals surface area contributed by atoms with E-state index in [0.29, 0.717) is 22.8 Å². The number of nitrogens with one attached hydrogen (secondary N) is 2. The second-order valence-electron chi connectivity index (χ2n) is 8.86. The number of methoxy groups -OCH3 is 1. The standard InChI is InChI=1S/C25H28ClFN4O4/c1-15-4-3-5-23(32)31(15)18-10-11-21(20(27)12-18)29-24(33)22-13-19(35-2)14-30(22)25(34)28-17-8-6-16(26)7-9-17/h6-12,15,19,22H,3-5,13-14H2,1-2H3,(H,28,34)(H,29,33). The molecule has 2 saturated heterocycles. The van der Waals surface area contributed by atoms with Crippen molar-refractivity contribution in [3.63, 3.8) is 0 Å². The summed E-state index contributed by atoms with van der Waals surface area (Å²) in [4.78, 5) is 41.3. The van der Waals surface area contributed by atoms with Crippen LogP contribution in [0, 0.1) is 5.82 Å². The molecular weight excluding hydrogens is 475 g/mol. The van der Waals surface area contributed by atoms with Crippen LogP contribution in [0.5, 0.6) is 0 Å². The lowest BCUT2D eigenvalue weighted by Crippen LogP contribution is -2.45. The maximum atomic E-state index is 14.9. The first-order valence-electron chi connectivity index (χ1n) is 11.5. The fraction of sp³-hybridized carbons (Fsp3) is 0.400. The molecule has 0 aromatic heterocycles. The van der Waals surface area contributed by atoms with Gasteiger partial charge in [-0.1, -0.05) is 11.6 Å². The first-order valence-corrected chi connectivity index (χ1v) is 11.9. The van der Waals surface area contributed by atoms with Crippen LogP contribution in [-0.4, -0.2) is 54.6 Å². The lowest BCUT2D eigenvalue weighted by molar-refractivity contribution is -0.120. The Kier molecular flexibility index (Phi) is 7.57. The second-order valence-corrected chi connectivity index (χ2v) is 9.29. The average Bonchev–Trinajstić information content (AvgIpc) is 3.27. The monoisotopic (exact) mass is 502 g/mol. The number of hydrogen-bond donors (Lipinski definition) is 2. The van der Waals surface area contributed by atoms with E-state index < -0.39 is 23.8 Å². The first kappa shape index (κ1) is 24.9. The zero-order valence-electron chi connectivity index (χ0n) is 19.6. The molecule has 8 nitrogen and oxygen atoms in total. The third kappa shape index (κ3) is 5.57. The molecule has 2 heterocycles. The van der Waals surface area contributed by atoms with E-state index in [2.05, 4.69) is 10.6 Å². The molecule has 0 aliphatic carbocycles. The highest BCUT2D eigenvalue weighted by atomic mass is 35.5. The number of halogens is 2. The van der Waals surface area contributed by atoms with Gasteiger partial charge < -0.3 is 25.2 Å². The normalized spacial score (nSPS) is 22.3. The summed E-state index contributed by atoms with van der Waals surface area (Å²) in [6.07, 6.45) is 2.04. The number of nitrogens with zero attached hydrogens (tertiary/aromatic N) is 2. The number of benzene rings is 2. The molecule has 2 N–H and O–H groups in total. The van der Waals surface area contributed by atoms with Crippen LogP contribution in [0.4, 0.5) is 26.2 Å². The lowest BCUT2D eigenvalue weighted by Gasteiger charge is -2.33. The van der Waals surface area contributed by atoms with E-state index in [1.54, 1.807) is 35.2 Å². The summed E-state index contributed by atoms with van der Waals surface area (Å²) in [5.74, 6) is -1.22. The molecule has 2 aromatic carbocycles. The number of carbonyl (C=O) groups excluding carboxylic acids is 3. The van der Waals surface area contributed by atoms with Crippen molar-refractivity contribution in [2.75, 3.05) is 29.2 Å². The third-order valence-corrected chi connectivity index (χ3v) is 6.72. The lowest BCUT2D eigenvalue weighted by atomic mass is 10.0. The minimum Gasteiger partial charge on any atom is -0.380 e. The number of anilines is 3. The Morgan fingerprint density at radius 2 is 1.89 bits per heavy atom. The summed E-state index contributed by atoms with van der Waals surface area (Å²) in [7, 11) is 1.52. The molecule has 2 aliphatic heterocycles. The second kappa shape index (κ2) is 10.6. The molecule has 0 spiro atoms. The predicted molar refractivity (Wildman–Crippen MR) is 132 cm³/mol. The van der Waals surface area contributed by atoms with Gasteiger partial charge in [0.1, 0.15) is 11.9 Å². The number of urea groups is 1. The van der Waals surface area contributed by atoms with E-state index in [-0.39, 0.29) is 36.7 Å². The van der Waals surface area contributed by atoms with Gasteiger partial charge in [-0.15, -0.1) is 0 Å². The van der Waals surface area contributed by atoms with Gasteiger partial charge in [0.2, 0.25) is 11.8 Å². The molecule has 35 heavy (non-hydrogen) atoms. The van der Waals surface area contributed by atoms with Crippen LogP contribution >= 0.6 is 11.6 Å². The van der Waals surface area contributed by atoms with E-state index in [1.807, 2.05) is 6.92 Å². The Labute approximate surface area is 208 Å². The van der Waals surface area contributed by atoms with E-state index in [1.165, 1.54) is 24.1 Å². The summed E-state index contributed by atoms with van der Waals surface area (Å²) in [6.45, 7) is 2.14. The summed E-state index contributed by atoms with van der Waals surface area (Å²) in [5.41, 5.74) is 0.972. The fourth-order valence-electron chi connectivity index (χ4n) is 4.58. The molecule has 2 aliphatic rings. The average molecular weight is 503 g/mol. The maximum absolute atomic E-state index is 14.9. The number of amides is 4. The van der Waals surface area contributed by atoms with Crippen molar-refractivity contribution in [1.82, 2.24) is 4.90 Å². The number of hydrogen-bond acceptors (Lipinski definition) is 4.